The van der Waals surface area contributed by atoms with Crippen molar-refractivity contribution >= 4 is 10.0 Å². The highest BCUT2D eigenvalue weighted by molar-refractivity contribution is 7.89. The van der Waals surface area contributed by atoms with Crippen LogP contribution in [-0.4, -0.2) is 27.7 Å². The van der Waals surface area contributed by atoms with E-state index in [9.17, 15) is 8.42 Å². The van der Waals surface area contributed by atoms with Crippen molar-refractivity contribution < 1.29 is 8.42 Å². The molecule has 0 saturated heterocycles. The molecule has 2 rings (SSSR count). The molecule has 0 aromatic carbocycles. The molecule has 0 radical (unpaired) electrons. The highest BCUT2D eigenvalue weighted by Crippen LogP contribution is 2.21. The van der Waals surface area contributed by atoms with Crippen molar-refractivity contribution in [2.75, 3.05) is 0 Å². The molecule has 21 heavy (non-hydrogen) atoms. The number of aromatic nitrogens is 4. The quantitative estimate of drug-likeness (QED) is 0.902. The van der Waals surface area contributed by atoms with Crippen molar-refractivity contribution in [3.8, 4) is 0 Å². The van der Waals surface area contributed by atoms with Crippen molar-refractivity contribution in [1.82, 2.24) is 24.1 Å². The molecule has 0 amide bonds. The Morgan fingerprint density at radius 3 is 2.57 bits per heavy atom. The van der Waals surface area contributed by atoms with E-state index in [4.69, 9.17) is 0 Å². The fourth-order valence-corrected chi connectivity index (χ4v) is 4.10. The van der Waals surface area contributed by atoms with Crippen LogP contribution in [-0.2, 0) is 23.6 Å². The number of nitrogens with zero attached hydrogens (tertiary/aromatic N) is 4. The molecule has 2 aromatic rings. The predicted octanol–water partition coefficient (Wildman–Crippen LogP) is 1.29. The second-order valence-electron chi connectivity index (χ2n) is 5.04. The summed E-state index contributed by atoms with van der Waals surface area (Å²) < 4.78 is 31.3. The first kappa shape index (κ1) is 15.7. The van der Waals surface area contributed by atoms with Crippen LogP contribution in [0.3, 0.4) is 0 Å². The smallest absolute Gasteiger partial charge is 0.244 e. The number of hydrogen-bond donors (Lipinski definition) is 1. The van der Waals surface area contributed by atoms with E-state index in [1.807, 2.05) is 17.7 Å². The lowest BCUT2D eigenvalue weighted by Gasteiger charge is -2.15. The van der Waals surface area contributed by atoms with Gasteiger partial charge in [-0.1, -0.05) is 0 Å². The molecule has 1 N–H and O–H groups in total. The van der Waals surface area contributed by atoms with Gasteiger partial charge in [-0.3, -0.25) is 4.68 Å². The Bertz CT molecular complexity index is 745. The average Bonchev–Trinajstić information content (AvgIpc) is 2.94. The lowest BCUT2D eigenvalue weighted by molar-refractivity contribution is 0.546. The highest BCUT2D eigenvalue weighted by Gasteiger charge is 2.27. The van der Waals surface area contributed by atoms with Gasteiger partial charge in [0.15, 0.2) is 0 Å². The standard InChI is InChI=1S/C13H21N5O2S/c1-6-18-8-7-14-13(18)10(3)16-21(19,20)12-9(2)15-17(5)11(12)4/h7-8,10,16H,6H2,1-5H3/t10-/m1/s1. The number of imidazole rings is 1. The summed E-state index contributed by atoms with van der Waals surface area (Å²) in [5.41, 5.74) is 1.11. The Kier molecular flexibility index (Phi) is 4.20. The molecule has 2 aromatic heterocycles. The van der Waals surface area contributed by atoms with Crippen LogP contribution in [0.25, 0.3) is 0 Å². The van der Waals surface area contributed by atoms with E-state index in [0.29, 0.717) is 17.2 Å². The predicted molar refractivity (Wildman–Crippen MR) is 79.3 cm³/mol. The molecule has 0 aliphatic heterocycles. The maximum absolute atomic E-state index is 12.6. The first-order valence-electron chi connectivity index (χ1n) is 6.81. The van der Waals surface area contributed by atoms with Crippen molar-refractivity contribution in [3.05, 3.63) is 29.6 Å². The molecule has 0 unspecified atom stereocenters. The maximum atomic E-state index is 12.6. The zero-order valence-electron chi connectivity index (χ0n) is 13.0. The molecule has 1 atom stereocenters. The zero-order chi connectivity index (χ0) is 15.8. The molecule has 0 bridgehead atoms. The van der Waals surface area contributed by atoms with Gasteiger partial charge in [-0.25, -0.2) is 18.1 Å². The fraction of sp³-hybridized carbons (Fsp3) is 0.538. The van der Waals surface area contributed by atoms with Gasteiger partial charge >= 0.3 is 0 Å². The van der Waals surface area contributed by atoms with Crippen LogP contribution in [0.15, 0.2) is 17.3 Å². The van der Waals surface area contributed by atoms with Gasteiger partial charge in [0.1, 0.15) is 10.7 Å². The minimum atomic E-state index is -3.64. The first-order valence-corrected chi connectivity index (χ1v) is 8.29. The van der Waals surface area contributed by atoms with Gasteiger partial charge < -0.3 is 4.57 Å². The van der Waals surface area contributed by atoms with Crippen molar-refractivity contribution in [1.29, 1.82) is 0 Å². The van der Waals surface area contributed by atoms with Crippen molar-refractivity contribution in [2.24, 2.45) is 7.05 Å². The molecule has 2 heterocycles. The SMILES string of the molecule is CCn1ccnc1[C@@H](C)NS(=O)(=O)c1c(C)nn(C)c1C. The third-order valence-electron chi connectivity index (χ3n) is 3.52. The topological polar surface area (TPSA) is 81.8 Å². The summed E-state index contributed by atoms with van der Waals surface area (Å²) in [7, 11) is -1.91. The normalized spacial score (nSPS) is 13.6. The largest absolute Gasteiger partial charge is 0.334 e. The molecule has 116 valence electrons. The maximum Gasteiger partial charge on any atom is 0.244 e. The molecular formula is C13H21N5O2S. The van der Waals surface area contributed by atoms with E-state index in [1.54, 1.807) is 38.7 Å². The summed E-state index contributed by atoms with van der Waals surface area (Å²) in [6, 6.07) is -0.413. The summed E-state index contributed by atoms with van der Waals surface area (Å²) in [5, 5.41) is 4.16. The van der Waals surface area contributed by atoms with Gasteiger partial charge in [0, 0.05) is 26.0 Å². The summed E-state index contributed by atoms with van der Waals surface area (Å²) in [6.07, 6.45) is 3.50. The lowest BCUT2D eigenvalue weighted by Crippen LogP contribution is -2.29. The van der Waals surface area contributed by atoms with Crippen LogP contribution in [0.4, 0.5) is 0 Å². The molecule has 0 aliphatic rings. The second-order valence-corrected chi connectivity index (χ2v) is 6.69. The Hall–Kier alpha value is -1.67. The van der Waals surface area contributed by atoms with E-state index >= 15 is 0 Å². The third kappa shape index (κ3) is 2.86. The van der Waals surface area contributed by atoms with Crippen LogP contribution in [0.2, 0.25) is 0 Å². The lowest BCUT2D eigenvalue weighted by atomic mass is 10.3. The number of sulfonamides is 1. The van der Waals surface area contributed by atoms with E-state index in [2.05, 4.69) is 14.8 Å². The summed E-state index contributed by atoms with van der Waals surface area (Å²) in [5.74, 6) is 0.695. The minimum absolute atomic E-state index is 0.242. The van der Waals surface area contributed by atoms with E-state index in [-0.39, 0.29) is 4.90 Å². The highest BCUT2D eigenvalue weighted by atomic mass is 32.2. The summed E-state index contributed by atoms with van der Waals surface area (Å²) in [6.45, 7) is 7.95. The van der Waals surface area contributed by atoms with Gasteiger partial charge in [0.25, 0.3) is 0 Å². The Balaban J connectivity index is 2.33. The number of nitrogens with one attached hydrogen (secondary N) is 1. The van der Waals surface area contributed by atoms with E-state index < -0.39 is 16.1 Å². The fourth-order valence-electron chi connectivity index (χ4n) is 2.46. The van der Waals surface area contributed by atoms with Gasteiger partial charge in [0.2, 0.25) is 10.0 Å². The summed E-state index contributed by atoms with van der Waals surface area (Å²) in [4.78, 5) is 4.47. The summed E-state index contributed by atoms with van der Waals surface area (Å²) >= 11 is 0. The van der Waals surface area contributed by atoms with Crippen molar-refractivity contribution in [2.45, 2.75) is 45.2 Å². The van der Waals surface area contributed by atoms with E-state index in [1.165, 1.54) is 0 Å². The van der Waals surface area contributed by atoms with Crippen molar-refractivity contribution in [3.63, 3.8) is 0 Å². The molecular weight excluding hydrogens is 290 g/mol. The van der Waals surface area contributed by atoms with Crippen LogP contribution in [0, 0.1) is 13.8 Å². The Labute approximate surface area is 125 Å². The van der Waals surface area contributed by atoms with Crippen LogP contribution >= 0.6 is 0 Å². The second kappa shape index (κ2) is 5.61. The number of hydrogen-bond acceptors (Lipinski definition) is 4. The molecule has 0 aliphatic carbocycles. The Morgan fingerprint density at radius 2 is 2.05 bits per heavy atom. The first-order chi connectivity index (χ1) is 9.77. The van der Waals surface area contributed by atoms with Crippen LogP contribution in [0.5, 0.6) is 0 Å². The van der Waals surface area contributed by atoms with Gasteiger partial charge in [0.05, 0.1) is 17.4 Å². The number of rotatable bonds is 5. The third-order valence-corrected chi connectivity index (χ3v) is 5.31. The zero-order valence-corrected chi connectivity index (χ0v) is 13.8. The molecule has 7 nitrogen and oxygen atoms in total. The van der Waals surface area contributed by atoms with Gasteiger partial charge in [-0.05, 0) is 27.7 Å². The Morgan fingerprint density at radius 1 is 1.38 bits per heavy atom. The molecule has 8 heteroatoms. The van der Waals surface area contributed by atoms with Gasteiger partial charge in [-0.15, -0.1) is 0 Å². The monoisotopic (exact) mass is 311 g/mol. The molecule has 0 spiro atoms. The number of aryl methyl sites for hydroxylation is 3. The average molecular weight is 311 g/mol. The molecule has 0 fully saturated rings. The minimum Gasteiger partial charge on any atom is -0.334 e. The molecule has 0 saturated carbocycles. The van der Waals surface area contributed by atoms with Gasteiger partial charge in [-0.2, -0.15) is 5.10 Å². The van der Waals surface area contributed by atoms with E-state index in [0.717, 1.165) is 6.54 Å². The van der Waals surface area contributed by atoms with Crippen LogP contribution < -0.4 is 4.72 Å². The van der Waals surface area contributed by atoms with Crippen LogP contribution in [0.1, 0.15) is 37.1 Å².